The van der Waals surface area contributed by atoms with Crippen LogP contribution in [0.5, 0.6) is 0 Å². The minimum absolute atomic E-state index is 0.0430. The van der Waals surface area contributed by atoms with Crippen LogP contribution in [0.15, 0.2) is 27.2 Å². The Bertz CT molecular complexity index is 650. The van der Waals surface area contributed by atoms with Gasteiger partial charge >= 0.3 is 6.18 Å². The summed E-state index contributed by atoms with van der Waals surface area (Å²) in [4.78, 5) is 4.11. The maximum absolute atomic E-state index is 13.1. The summed E-state index contributed by atoms with van der Waals surface area (Å²) in [5.74, 6) is 0.289. The summed E-state index contributed by atoms with van der Waals surface area (Å²) in [5, 5.41) is 6.86. The van der Waals surface area contributed by atoms with E-state index in [9.17, 15) is 13.2 Å². The molecule has 1 aromatic carbocycles. The fraction of sp³-hybridized carbons (Fsp3) is 0.385. The van der Waals surface area contributed by atoms with Crippen LogP contribution < -0.4 is 5.32 Å². The molecule has 3 rings (SSSR count). The summed E-state index contributed by atoms with van der Waals surface area (Å²) in [6, 6.07) is 3.80. The average molecular weight is 362 g/mol. The van der Waals surface area contributed by atoms with E-state index in [-0.39, 0.29) is 17.4 Å². The van der Waals surface area contributed by atoms with Crippen LogP contribution in [0.2, 0.25) is 0 Å². The van der Waals surface area contributed by atoms with Gasteiger partial charge in [0.25, 0.3) is 0 Å². The molecule has 1 aliphatic rings. The maximum Gasteiger partial charge on any atom is 0.417 e. The van der Waals surface area contributed by atoms with Gasteiger partial charge in [-0.25, -0.2) is 0 Å². The summed E-state index contributed by atoms with van der Waals surface area (Å²) in [5.41, 5.74) is -0.873. The molecule has 0 bridgehead atoms. The molecule has 0 unspecified atom stereocenters. The number of benzene rings is 1. The van der Waals surface area contributed by atoms with Gasteiger partial charge in [-0.05, 0) is 37.6 Å². The Kier molecular flexibility index (Phi) is 3.75. The fourth-order valence-corrected chi connectivity index (χ4v) is 2.69. The normalized spacial score (nSPS) is 19.1. The molecular weight excluding hydrogens is 351 g/mol. The molecule has 112 valence electrons. The second-order valence-electron chi connectivity index (χ2n) is 4.79. The summed E-state index contributed by atoms with van der Waals surface area (Å²) >= 11 is 3.05. The van der Waals surface area contributed by atoms with Crippen molar-refractivity contribution in [1.82, 2.24) is 15.5 Å². The minimum Gasteiger partial charge on any atom is -0.337 e. The highest BCUT2D eigenvalue weighted by Gasteiger charge is 2.35. The zero-order valence-electron chi connectivity index (χ0n) is 10.7. The molecule has 0 radical (unpaired) electrons. The van der Waals surface area contributed by atoms with Crippen LogP contribution in [0.3, 0.4) is 0 Å². The molecule has 1 N–H and O–H groups in total. The molecule has 1 saturated heterocycles. The number of hydrogen-bond acceptors (Lipinski definition) is 4. The predicted octanol–water partition coefficient (Wildman–Crippen LogP) is 3.94. The van der Waals surface area contributed by atoms with Crippen molar-refractivity contribution in [2.75, 3.05) is 6.54 Å². The lowest BCUT2D eigenvalue weighted by molar-refractivity contribution is -0.137. The van der Waals surface area contributed by atoms with Gasteiger partial charge in [0.15, 0.2) is 0 Å². The molecule has 2 heterocycles. The molecule has 0 spiro atoms. The molecule has 0 saturated carbocycles. The Labute approximate surface area is 126 Å². The largest absolute Gasteiger partial charge is 0.417 e. The lowest BCUT2D eigenvalue weighted by Crippen LogP contribution is -2.13. The van der Waals surface area contributed by atoms with Crippen molar-refractivity contribution < 1.29 is 17.7 Å². The smallest absolute Gasteiger partial charge is 0.337 e. The third kappa shape index (κ3) is 2.96. The van der Waals surface area contributed by atoms with Gasteiger partial charge < -0.3 is 9.84 Å². The predicted molar refractivity (Wildman–Crippen MR) is 72.4 cm³/mol. The third-order valence-corrected chi connectivity index (χ3v) is 3.82. The standard InChI is InChI=1S/C13H11BrF3N3O/c14-7-3-4-8(9(6-7)13(15,16)17)11-19-12(21-20-11)10-2-1-5-18-10/h3-4,6,10,18H,1-2,5H2/t10-/m0/s1. The van der Waals surface area contributed by atoms with Gasteiger partial charge in [-0.2, -0.15) is 18.2 Å². The molecule has 4 nitrogen and oxygen atoms in total. The zero-order chi connectivity index (χ0) is 15.0. The quantitative estimate of drug-likeness (QED) is 0.879. The molecule has 0 aliphatic carbocycles. The highest BCUT2D eigenvalue weighted by Crippen LogP contribution is 2.38. The van der Waals surface area contributed by atoms with Crippen LogP contribution in [0.25, 0.3) is 11.4 Å². The van der Waals surface area contributed by atoms with Crippen LogP contribution in [0.4, 0.5) is 13.2 Å². The van der Waals surface area contributed by atoms with E-state index in [1.165, 1.54) is 12.1 Å². The van der Waals surface area contributed by atoms with E-state index >= 15 is 0 Å². The Morgan fingerprint density at radius 3 is 2.81 bits per heavy atom. The van der Waals surface area contributed by atoms with Gasteiger partial charge in [0.1, 0.15) is 0 Å². The lowest BCUT2D eigenvalue weighted by atomic mass is 10.1. The number of aromatic nitrogens is 2. The van der Waals surface area contributed by atoms with Crippen molar-refractivity contribution in [3.8, 4) is 11.4 Å². The number of nitrogens with zero attached hydrogens (tertiary/aromatic N) is 2. The highest BCUT2D eigenvalue weighted by atomic mass is 79.9. The third-order valence-electron chi connectivity index (χ3n) is 3.33. The average Bonchev–Trinajstić information content (AvgIpc) is 3.08. The fourth-order valence-electron chi connectivity index (χ4n) is 2.33. The Hall–Kier alpha value is -1.41. The summed E-state index contributed by atoms with van der Waals surface area (Å²) in [6.45, 7) is 0.842. The number of nitrogens with one attached hydrogen (secondary N) is 1. The van der Waals surface area contributed by atoms with E-state index in [0.717, 1.165) is 25.5 Å². The first-order valence-corrected chi connectivity index (χ1v) is 7.18. The molecule has 1 fully saturated rings. The first-order valence-electron chi connectivity index (χ1n) is 6.39. The van der Waals surface area contributed by atoms with Gasteiger partial charge in [0, 0.05) is 10.0 Å². The van der Waals surface area contributed by atoms with Crippen LogP contribution in [-0.4, -0.2) is 16.7 Å². The van der Waals surface area contributed by atoms with Crippen LogP contribution in [0.1, 0.15) is 30.3 Å². The van der Waals surface area contributed by atoms with E-state index in [1.807, 2.05) is 0 Å². The van der Waals surface area contributed by atoms with Gasteiger partial charge in [0.05, 0.1) is 11.6 Å². The van der Waals surface area contributed by atoms with Gasteiger partial charge in [-0.15, -0.1) is 0 Å². The Morgan fingerprint density at radius 2 is 2.14 bits per heavy atom. The van der Waals surface area contributed by atoms with E-state index in [4.69, 9.17) is 4.52 Å². The molecule has 8 heteroatoms. The maximum atomic E-state index is 13.1. The van der Waals surface area contributed by atoms with E-state index in [0.29, 0.717) is 10.4 Å². The Morgan fingerprint density at radius 1 is 1.33 bits per heavy atom. The van der Waals surface area contributed by atoms with Gasteiger partial charge in [-0.1, -0.05) is 21.1 Å². The molecule has 21 heavy (non-hydrogen) atoms. The van der Waals surface area contributed by atoms with Crippen molar-refractivity contribution in [3.63, 3.8) is 0 Å². The number of halogens is 4. The molecule has 2 aromatic rings. The highest BCUT2D eigenvalue weighted by molar-refractivity contribution is 9.10. The van der Waals surface area contributed by atoms with Gasteiger partial charge in [0.2, 0.25) is 11.7 Å². The van der Waals surface area contributed by atoms with Gasteiger partial charge in [-0.3, -0.25) is 0 Å². The minimum atomic E-state index is -4.48. The van der Waals surface area contributed by atoms with E-state index in [1.54, 1.807) is 0 Å². The number of rotatable bonds is 2. The van der Waals surface area contributed by atoms with Crippen molar-refractivity contribution >= 4 is 15.9 Å². The lowest BCUT2D eigenvalue weighted by Gasteiger charge is -2.10. The Balaban J connectivity index is 2.00. The van der Waals surface area contributed by atoms with Crippen LogP contribution >= 0.6 is 15.9 Å². The van der Waals surface area contributed by atoms with Crippen molar-refractivity contribution in [2.24, 2.45) is 0 Å². The SMILES string of the molecule is FC(F)(F)c1cc(Br)ccc1-c1noc([C@@H]2CCCN2)n1. The number of alkyl halides is 3. The van der Waals surface area contributed by atoms with Crippen LogP contribution in [-0.2, 0) is 6.18 Å². The van der Waals surface area contributed by atoms with Crippen LogP contribution in [0, 0.1) is 0 Å². The van der Waals surface area contributed by atoms with E-state index in [2.05, 4.69) is 31.4 Å². The second kappa shape index (κ2) is 5.42. The first-order chi connectivity index (χ1) is 9.95. The molecule has 1 atom stereocenters. The summed E-state index contributed by atoms with van der Waals surface area (Å²) in [7, 11) is 0. The molecule has 1 aromatic heterocycles. The first kappa shape index (κ1) is 14.5. The molecule has 1 aliphatic heterocycles. The second-order valence-corrected chi connectivity index (χ2v) is 5.71. The van der Waals surface area contributed by atoms with Crippen molar-refractivity contribution in [1.29, 1.82) is 0 Å². The summed E-state index contributed by atoms with van der Waals surface area (Å²) in [6.07, 6.45) is -2.66. The summed E-state index contributed by atoms with van der Waals surface area (Å²) < 4.78 is 44.8. The monoisotopic (exact) mass is 361 g/mol. The molecule has 0 amide bonds. The van der Waals surface area contributed by atoms with Crippen molar-refractivity contribution in [2.45, 2.75) is 25.1 Å². The number of hydrogen-bond donors (Lipinski definition) is 1. The topological polar surface area (TPSA) is 51.0 Å². The molecular formula is C13H11BrF3N3O. The van der Waals surface area contributed by atoms with E-state index < -0.39 is 11.7 Å². The zero-order valence-corrected chi connectivity index (χ0v) is 12.3. The van der Waals surface area contributed by atoms with Crippen molar-refractivity contribution in [3.05, 3.63) is 34.1 Å².